The van der Waals surface area contributed by atoms with Gasteiger partial charge in [-0.05, 0) is 26.1 Å². The van der Waals surface area contributed by atoms with E-state index in [4.69, 9.17) is 0 Å². The van der Waals surface area contributed by atoms with Crippen LogP contribution in [0.25, 0.3) is 0 Å². The van der Waals surface area contributed by atoms with Gasteiger partial charge in [0.2, 0.25) is 0 Å². The third kappa shape index (κ3) is 4.06. The number of rotatable bonds is 3. The number of anilines is 2. The summed E-state index contributed by atoms with van der Waals surface area (Å²) in [5, 5.41) is 0. The lowest BCUT2D eigenvalue weighted by Crippen LogP contribution is -2.49. The predicted molar refractivity (Wildman–Crippen MR) is 109 cm³/mol. The molecule has 4 heterocycles. The average Bonchev–Trinajstić information content (AvgIpc) is 2.74. The predicted octanol–water partition coefficient (Wildman–Crippen LogP) is 0.894. The van der Waals surface area contributed by atoms with Gasteiger partial charge in [-0.25, -0.2) is 15.0 Å². The van der Waals surface area contributed by atoms with Crippen molar-refractivity contribution in [2.24, 2.45) is 0 Å². The lowest BCUT2D eigenvalue weighted by atomic mass is 10.2. The molecular formula is C20H27N7O. The summed E-state index contributed by atoms with van der Waals surface area (Å²) in [6, 6.07) is 7.77. The van der Waals surface area contributed by atoms with E-state index in [2.05, 4.69) is 36.7 Å². The zero-order valence-corrected chi connectivity index (χ0v) is 16.6. The number of aryl methyl sites for hydroxylation is 1. The maximum atomic E-state index is 13.1. The molecule has 148 valence electrons. The van der Waals surface area contributed by atoms with Crippen molar-refractivity contribution >= 4 is 17.5 Å². The molecule has 0 aliphatic carbocycles. The van der Waals surface area contributed by atoms with Crippen LogP contribution in [0.3, 0.4) is 0 Å². The van der Waals surface area contributed by atoms with Gasteiger partial charge in [0.1, 0.15) is 23.2 Å². The van der Waals surface area contributed by atoms with E-state index < -0.39 is 0 Å². The van der Waals surface area contributed by atoms with Crippen LogP contribution in [0.1, 0.15) is 16.3 Å². The standard InChI is InChI=1S/C20H27N7O/c1-16-22-17(15-19(23-16)26-9-7-24(2)8-10-26)20(28)27-13-11-25(12-14-27)18-5-3-4-6-21-18/h3-6,15H,7-14H2,1-2H3. The molecule has 1 amide bonds. The van der Waals surface area contributed by atoms with Gasteiger partial charge in [0.05, 0.1) is 0 Å². The number of hydrogen-bond donors (Lipinski definition) is 0. The highest BCUT2D eigenvalue weighted by Crippen LogP contribution is 2.18. The minimum Gasteiger partial charge on any atom is -0.354 e. The average molecular weight is 381 g/mol. The molecule has 2 aliphatic heterocycles. The maximum absolute atomic E-state index is 13.1. The van der Waals surface area contributed by atoms with Gasteiger partial charge in [0.25, 0.3) is 5.91 Å². The van der Waals surface area contributed by atoms with Crippen LogP contribution >= 0.6 is 0 Å². The summed E-state index contributed by atoms with van der Waals surface area (Å²) in [5.74, 6) is 2.45. The molecule has 8 nitrogen and oxygen atoms in total. The molecule has 0 unspecified atom stereocenters. The summed E-state index contributed by atoms with van der Waals surface area (Å²) in [5.41, 5.74) is 0.493. The van der Waals surface area contributed by atoms with Gasteiger partial charge in [-0.15, -0.1) is 0 Å². The Balaban J connectivity index is 1.43. The molecule has 2 saturated heterocycles. The summed E-state index contributed by atoms with van der Waals surface area (Å²) >= 11 is 0. The zero-order valence-electron chi connectivity index (χ0n) is 16.6. The molecule has 0 bridgehead atoms. The minimum atomic E-state index is -0.0125. The molecule has 0 spiro atoms. The number of carbonyl (C=O) groups is 1. The van der Waals surface area contributed by atoms with Crippen molar-refractivity contribution < 1.29 is 4.79 Å². The largest absolute Gasteiger partial charge is 0.354 e. The second-order valence-electron chi connectivity index (χ2n) is 7.42. The highest BCUT2D eigenvalue weighted by Gasteiger charge is 2.25. The fourth-order valence-electron chi connectivity index (χ4n) is 3.70. The van der Waals surface area contributed by atoms with Crippen LogP contribution in [0.4, 0.5) is 11.6 Å². The first-order valence-corrected chi connectivity index (χ1v) is 9.84. The summed E-state index contributed by atoms with van der Waals surface area (Å²) in [6.45, 7) is 8.59. The second-order valence-corrected chi connectivity index (χ2v) is 7.42. The topological polar surface area (TPSA) is 68.7 Å². The Kier molecular flexibility index (Phi) is 5.38. The van der Waals surface area contributed by atoms with Crippen molar-refractivity contribution in [1.29, 1.82) is 0 Å². The molecule has 4 rings (SSSR count). The molecule has 28 heavy (non-hydrogen) atoms. The Bertz CT molecular complexity index is 813. The van der Waals surface area contributed by atoms with Crippen molar-refractivity contribution in [2.45, 2.75) is 6.92 Å². The number of carbonyl (C=O) groups excluding carboxylic acids is 1. The van der Waals surface area contributed by atoms with Crippen LogP contribution in [0.5, 0.6) is 0 Å². The van der Waals surface area contributed by atoms with Gasteiger partial charge in [0.15, 0.2) is 0 Å². The molecule has 2 aromatic heterocycles. The number of likely N-dealkylation sites (N-methyl/N-ethyl adjacent to an activating group) is 1. The van der Waals surface area contributed by atoms with Crippen LogP contribution in [0.2, 0.25) is 0 Å². The molecule has 0 atom stereocenters. The number of piperazine rings is 2. The number of aromatic nitrogens is 3. The van der Waals surface area contributed by atoms with Crippen molar-refractivity contribution in [3.63, 3.8) is 0 Å². The van der Waals surface area contributed by atoms with E-state index in [-0.39, 0.29) is 5.91 Å². The summed E-state index contributed by atoms with van der Waals surface area (Å²) in [7, 11) is 2.13. The highest BCUT2D eigenvalue weighted by molar-refractivity contribution is 5.93. The van der Waals surface area contributed by atoms with Gasteiger partial charge in [-0.1, -0.05) is 6.07 Å². The maximum Gasteiger partial charge on any atom is 0.272 e. The quantitative estimate of drug-likeness (QED) is 0.782. The van der Waals surface area contributed by atoms with Gasteiger partial charge >= 0.3 is 0 Å². The van der Waals surface area contributed by atoms with E-state index in [1.165, 1.54) is 0 Å². The summed E-state index contributed by atoms with van der Waals surface area (Å²) in [4.78, 5) is 35.1. The Morgan fingerprint density at radius 2 is 1.57 bits per heavy atom. The van der Waals surface area contributed by atoms with Crippen LogP contribution < -0.4 is 9.80 Å². The van der Waals surface area contributed by atoms with Gasteiger partial charge in [0, 0.05) is 64.6 Å². The molecule has 2 aromatic rings. The number of pyridine rings is 1. The fraction of sp³-hybridized carbons (Fsp3) is 0.500. The van der Waals surface area contributed by atoms with E-state index in [0.29, 0.717) is 24.6 Å². The van der Waals surface area contributed by atoms with Crippen LogP contribution in [0, 0.1) is 6.92 Å². The molecule has 0 saturated carbocycles. The lowest BCUT2D eigenvalue weighted by molar-refractivity contribution is 0.0740. The van der Waals surface area contributed by atoms with Crippen LogP contribution in [-0.4, -0.2) is 90.1 Å². The third-order valence-corrected chi connectivity index (χ3v) is 5.41. The van der Waals surface area contributed by atoms with Gasteiger partial charge in [-0.2, -0.15) is 0 Å². The highest BCUT2D eigenvalue weighted by atomic mass is 16.2. The Labute approximate surface area is 165 Å². The molecule has 0 radical (unpaired) electrons. The van der Waals surface area contributed by atoms with E-state index in [0.717, 1.165) is 50.9 Å². The van der Waals surface area contributed by atoms with E-state index in [1.54, 1.807) is 6.20 Å². The fourth-order valence-corrected chi connectivity index (χ4v) is 3.70. The van der Waals surface area contributed by atoms with Gasteiger partial charge < -0.3 is 19.6 Å². The van der Waals surface area contributed by atoms with Crippen molar-refractivity contribution in [3.8, 4) is 0 Å². The normalized spacial score (nSPS) is 18.4. The van der Waals surface area contributed by atoms with Crippen molar-refractivity contribution in [1.82, 2.24) is 24.8 Å². The molecule has 0 aromatic carbocycles. The third-order valence-electron chi connectivity index (χ3n) is 5.41. The van der Waals surface area contributed by atoms with E-state index >= 15 is 0 Å². The van der Waals surface area contributed by atoms with Crippen LogP contribution in [0.15, 0.2) is 30.5 Å². The smallest absolute Gasteiger partial charge is 0.272 e. The van der Waals surface area contributed by atoms with Crippen LogP contribution in [-0.2, 0) is 0 Å². The first-order chi connectivity index (χ1) is 13.6. The Hall–Kier alpha value is -2.74. The molecule has 2 aliphatic rings. The Morgan fingerprint density at radius 3 is 2.25 bits per heavy atom. The van der Waals surface area contributed by atoms with E-state index in [1.807, 2.05) is 36.1 Å². The lowest BCUT2D eigenvalue weighted by Gasteiger charge is -2.35. The minimum absolute atomic E-state index is 0.0125. The number of hydrogen-bond acceptors (Lipinski definition) is 7. The van der Waals surface area contributed by atoms with E-state index in [9.17, 15) is 4.79 Å². The number of amides is 1. The van der Waals surface area contributed by atoms with Crippen molar-refractivity contribution in [3.05, 3.63) is 42.0 Å². The molecule has 2 fully saturated rings. The molecular weight excluding hydrogens is 354 g/mol. The Morgan fingerprint density at radius 1 is 0.893 bits per heavy atom. The SMILES string of the molecule is Cc1nc(C(=O)N2CCN(c3ccccn3)CC2)cc(N2CCN(C)CC2)n1. The monoisotopic (exact) mass is 381 g/mol. The second kappa shape index (κ2) is 8.10. The van der Waals surface area contributed by atoms with Gasteiger partial charge in [-0.3, -0.25) is 4.79 Å². The molecule has 0 N–H and O–H groups in total. The first-order valence-electron chi connectivity index (χ1n) is 9.84. The summed E-state index contributed by atoms with van der Waals surface area (Å²) < 4.78 is 0. The number of nitrogens with zero attached hydrogens (tertiary/aromatic N) is 7. The summed E-state index contributed by atoms with van der Waals surface area (Å²) in [6.07, 6.45) is 1.80. The first kappa shape index (κ1) is 18.6. The zero-order chi connectivity index (χ0) is 19.5. The van der Waals surface area contributed by atoms with Crippen molar-refractivity contribution in [2.75, 3.05) is 69.2 Å². The molecule has 8 heteroatoms.